The molecule has 0 bridgehead atoms. The van der Waals surface area contributed by atoms with Crippen molar-refractivity contribution in [2.75, 3.05) is 38.3 Å². The summed E-state index contributed by atoms with van der Waals surface area (Å²) in [4.78, 5) is 23.2. The summed E-state index contributed by atoms with van der Waals surface area (Å²) in [6.45, 7) is 2.28. The van der Waals surface area contributed by atoms with E-state index in [1.807, 2.05) is 0 Å². The van der Waals surface area contributed by atoms with E-state index in [0.29, 0.717) is 47.9 Å². The summed E-state index contributed by atoms with van der Waals surface area (Å²) >= 11 is 0. The van der Waals surface area contributed by atoms with E-state index in [-0.39, 0.29) is 17.6 Å². The smallest absolute Gasteiger partial charge is 0.263 e. The molecule has 152 valence electrons. The maximum absolute atomic E-state index is 13.3. The van der Waals surface area contributed by atoms with E-state index in [1.54, 1.807) is 19.2 Å². The SMILES string of the molecule is COCCNC(=O)[C@@H]1CCCN(c2ncnc3onc(-c4ccc(F)cc4)c23)C1. The van der Waals surface area contributed by atoms with Crippen LogP contribution in [0.15, 0.2) is 35.1 Å². The Morgan fingerprint density at radius 1 is 1.34 bits per heavy atom. The number of rotatable bonds is 6. The largest absolute Gasteiger partial charge is 0.383 e. The van der Waals surface area contributed by atoms with Gasteiger partial charge in [0.15, 0.2) is 0 Å². The average Bonchev–Trinajstić information content (AvgIpc) is 3.19. The third kappa shape index (κ3) is 4.04. The highest BCUT2D eigenvalue weighted by Crippen LogP contribution is 2.34. The number of methoxy groups -OCH3 is 1. The predicted octanol–water partition coefficient (Wildman–Crippen LogP) is 2.40. The number of carbonyl (C=O) groups excluding carboxylic acids is 1. The van der Waals surface area contributed by atoms with Gasteiger partial charge in [-0.15, -0.1) is 0 Å². The van der Waals surface area contributed by atoms with E-state index in [0.717, 1.165) is 19.4 Å². The third-order valence-electron chi connectivity index (χ3n) is 5.07. The molecule has 1 fully saturated rings. The molecule has 1 saturated heterocycles. The van der Waals surface area contributed by atoms with Gasteiger partial charge >= 0.3 is 0 Å². The topological polar surface area (TPSA) is 93.4 Å². The Hall–Kier alpha value is -3.07. The first-order valence-corrected chi connectivity index (χ1v) is 9.55. The van der Waals surface area contributed by atoms with Crippen LogP contribution in [0.25, 0.3) is 22.4 Å². The molecule has 0 spiro atoms. The first-order valence-electron chi connectivity index (χ1n) is 9.55. The highest BCUT2D eigenvalue weighted by molar-refractivity contribution is 5.98. The van der Waals surface area contributed by atoms with Crippen molar-refractivity contribution in [2.45, 2.75) is 12.8 Å². The van der Waals surface area contributed by atoms with E-state index in [4.69, 9.17) is 9.26 Å². The number of aromatic nitrogens is 3. The van der Waals surface area contributed by atoms with Gasteiger partial charge in [0, 0.05) is 32.3 Å². The van der Waals surface area contributed by atoms with Crippen LogP contribution in [0, 0.1) is 11.7 Å². The predicted molar refractivity (Wildman–Crippen MR) is 105 cm³/mol. The summed E-state index contributed by atoms with van der Waals surface area (Å²) in [5.41, 5.74) is 1.63. The zero-order valence-corrected chi connectivity index (χ0v) is 16.1. The minimum atomic E-state index is -0.323. The van der Waals surface area contributed by atoms with Crippen molar-refractivity contribution in [1.82, 2.24) is 20.4 Å². The Labute approximate surface area is 167 Å². The Morgan fingerprint density at radius 3 is 2.97 bits per heavy atom. The third-order valence-corrected chi connectivity index (χ3v) is 5.07. The number of halogens is 1. The Balaban J connectivity index is 1.62. The molecule has 3 aromatic rings. The zero-order valence-electron chi connectivity index (χ0n) is 16.1. The highest BCUT2D eigenvalue weighted by atomic mass is 19.1. The van der Waals surface area contributed by atoms with Gasteiger partial charge in [-0.1, -0.05) is 5.16 Å². The van der Waals surface area contributed by atoms with Crippen LogP contribution in [0.2, 0.25) is 0 Å². The molecule has 1 amide bonds. The molecule has 1 atom stereocenters. The molecule has 0 radical (unpaired) electrons. The molecule has 1 aliphatic rings. The van der Waals surface area contributed by atoms with Gasteiger partial charge in [-0.3, -0.25) is 4.79 Å². The van der Waals surface area contributed by atoms with Gasteiger partial charge in [0.1, 0.15) is 29.0 Å². The van der Waals surface area contributed by atoms with E-state index in [2.05, 4.69) is 25.3 Å². The van der Waals surface area contributed by atoms with Gasteiger partial charge < -0.3 is 19.5 Å². The number of anilines is 1. The molecule has 0 aliphatic carbocycles. The fourth-order valence-electron chi connectivity index (χ4n) is 3.62. The maximum atomic E-state index is 13.3. The number of piperidine rings is 1. The summed E-state index contributed by atoms with van der Waals surface area (Å²) in [5.74, 6) is 0.224. The Kier molecular flexibility index (Phi) is 5.66. The molecular formula is C20H22FN5O3. The van der Waals surface area contributed by atoms with Gasteiger partial charge in [-0.05, 0) is 37.1 Å². The molecule has 3 heterocycles. The van der Waals surface area contributed by atoms with Crippen molar-refractivity contribution >= 4 is 22.8 Å². The molecular weight excluding hydrogens is 377 g/mol. The lowest BCUT2D eigenvalue weighted by Crippen LogP contribution is -2.44. The van der Waals surface area contributed by atoms with E-state index in [9.17, 15) is 9.18 Å². The van der Waals surface area contributed by atoms with Gasteiger partial charge in [0.25, 0.3) is 5.71 Å². The number of ether oxygens (including phenoxy) is 1. The standard InChI is InChI=1S/C20H22FN5O3/c1-28-10-8-22-19(27)14-3-2-9-26(11-14)18-16-17(13-4-6-15(21)7-5-13)25-29-20(16)24-12-23-18/h4-7,12,14H,2-3,8-11H2,1H3,(H,22,27)/t14-/m1/s1. The molecule has 2 aromatic heterocycles. The minimum absolute atomic E-state index is 0.0149. The first kappa shape index (κ1) is 19.3. The van der Waals surface area contributed by atoms with E-state index < -0.39 is 0 Å². The molecule has 0 unspecified atom stereocenters. The number of nitrogens with zero attached hydrogens (tertiary/aromatic N) is 4. The summed E-state index contributed by atoms with van der Waals surface area (Å²) in [7, 11) is 1.60. The van der Waals surface area contributed by atoms with Crippen LogP contribution in [0.4, 0.5) is 10.2 Å². The average molecular weight is 399 g/mol. The van der Waals surface area contributed by atoms with Crippen molar-refractivity contribution in [1.29, 1.82) is 0 Å². The second kappa shape index (κ2) is 8.52. The summed E-state index contributed by atoms with van der Waals surface area (Å²) < 4.78 is 23.7. The maximum Gasteiger partial charge on any atom is 0.263 e. The Morgan fingerprint density at radius 2 is 2.17 bits per heavy atom. The number of hydrogen-bond acceptors (Lipinski definition) is 7. The lowest BCUT2D eigenvalue weighted by molar-refractivity contribution is -0.125. The molecule has 29 heavy (non-hydrogen) atoms. The Bertz CT molecular complexity index is 991. The number of nitrogens with one attached hydrogen (secondary N) is 1. The number of benzene rings is 1. The number of amides is 1. The first-order chi connectivity index (χ1) is 14.2. The zero-order chi connectivity index (χ0) is 20.2. The van der Waals surface area contributed by atoms with E-state index >= 15 is 0 Å². The van der Waals surface area contributed by atoms with Crippen molar-refractivity contribution < 1.29 is 18.4 Å². The van der Waals surface area contributed by atoms with Crippen LogP contribution in [0.1, 0.15) is 12.8 Å². The fraction of sp³-hybridized carbons (Fsp3) is 0.400. The minimum Gasteiger partial charge on any atom is -0.383 e. The lowest BCUT2D eigenvalue weighted by Gasteiger charge is -2.33. The lowest BCUT2D eigenvalue weighted by atomic mass is 9.96. The van der Waals surface area contributed by atoms with Crippen LogP contribution in [-0.2, 0) is 9.53 Å². The second-order valence-electron chi connectivity index (χ2n) is 6.98. The van der Waals surface area contributed by atoms with Crippen LogP contribution in [0.3, 0.4) is 0 Å². The van der Waals surface area contributed by atoms with Crippen LogP contribution in [-0.4, -0.2) is 54.4 Å². The normalized spacial score (nSPS) is 16.9. The quantitative estimate of drug-likeness (QED) is 0.636. The monoisotopic (exact) mass is 399 g/mol. The number of hydrogen-bond donors (Lipinski definition) is 1. The molecule has 8 nitrogen and oxygen atoms in total. The summed E-state index contributed by atoms with van der Waals surface area (Å²) in [5, 5.41) is 7.71. The van der Waals surface area contributed by atoms with E-state index in [1.165, 1.54) is 18.5 Å². The van der Waals surface area contributed by atoms with Crippen molar-refractivity contribution in [3.63, 3.8) is 0 Å². The summed E-state index contributed by atoms with van der Waals surface area (Å²) in [6.07, 6.45) is 3.11. The van der Waals surface area contributed by atoms with Crippen LogP contribution < -0.4 is 10.2 Å². The number of fused-ring (bicyclic) bond motifs is 1. The van der Waals surface area contributed by atoms with Crippen LogP contribution in [0.5, 0.6) is 0 Å². The van der Waals surface area contributed by atoms with Gasteiger partial charge in [-0.2, -0.15) is 4.98 Å². The van der Waals surface area contributed by atoms with Gasteiger partial charge in [0.05, 0.1) is 12.5 Å². The number of carbonyl (C=O) groups is 1. The molecule has 9 heteroatoms. The molecule has 1 aromatic carbocycles. The van der Waals surface area contributed by atoms with Gasteiger partial charge in [-0.25, -0.2) is 9.37 Å². The van der Waals surface area contributed by atoms with Gasteiger partial charge in [0.2, 0.25) is 5.91 Å². The molecule has 1 aliphatic heterocycles. The molecule has 1 N–H and O–H groups in total. The molecule has 0 saturated carbocycles. The summed E-state index contributed by atoms with van der Waals surface area (Å²) in [6, 6.07) is 6.04. The fourth-order valence-corrected chi connectivity index (χ4v) is 3.62. The highest BCUT2D eigenvalue weighted by Gasteiger charge is 2.29. The molecule has 4 rings (SSSR count). The van der Waals surface area contributed by atoms with Crippen molar-refractivity contribution in [2.24, 2.45) is 5.92 Å². The van der Waals surface area contributed by atoms with Crippen molar-refractivity contribution in [3.05, 3.63) is 36.4 Å². The van der Waals surface area contributed by atoms with Crippen molar-refractivity contribution in [3.8, 4) is 11.3 Å². The second-order valence-corrected chi connectivity index (χ2v) is 6.98. The van der Waals surface area contributed by atoms with Crippen LogP contribution >= 0.6 is 0 Å².